The molecule has 1 aromatic carbocycles. The molecule has 120 valence electrons. The van der Waals surface area contributed by atoms with E-state index in [4.69, 9.17) is 9.84 Å². The number of hydrogen-bond donors (Lipinski definition) is 2. The van der Waals surface area contributed by atoms with Crippen LogP contribution in [0.5, 0.6) is 0 Å². The summed E-state index contributed by atoms with van der Waals surface area (Å²) in [7, 11) is 0. The number of piperidine rings is 1. The summed E-state index contributed by atoms with van der Waals surface area (Å²) in [6.07, 6.45) is 2.19. The summed E-state index contributed by atoms with van der Waals surface area (Å²) in [5.74, 6) is -0.231. The van der Waals surface area contributed by atoms with Gasteiger partial charge < -0.3 is 19.8 Å². The smallest absolute Gasteiger partial charge is 0.248 e. The topological polar surface area (TPSA) is 70.0 Å². The first-order valence-corrected chi connectivity index (χ1v) is 7.91. The van der Waals surface area contributed by atoms with Gasteiger partial charge >= 0.3 is 0 Å². The zero-order chi connectivity index (χ0) is 15.6. The van der Waals surface area contributed by atoms with E-state index in [2.05, 4.69) is 0 Å². The first kappa shape index (κ1) is 15.5. The number of nitrogens with zero attached hydrogens (tertiary/aromatic N) is 1. The maximum Gasteiger partial charge on any atom is 0.248 e. The minimum Gasteiger partial charge on any atom is -0.393 e. The summed E-state index contributed by atoms with van der Waals surface area (Å²) >= 11 is 0. The number of aliphatic hydroxyl groups excluding tert-OH is 2. The molecule has 0 aliphatic carbocycles. The SMILES string of the molecule is O=C(CO)N1CCC2(CC1)C[C@H](O)C[C@H](c1ccccc1)O2. The predicted octanol–water partition coefficient (Wildman–Crippen LogP) is 1.25. The molecule has 22 heavy (non-hydrogen) atoms. The van der Waals surface area contributed by atoms with Crippen LogP contribution >= 0.6 is 0 Å². The molecular formula is C17H23NO4. The van der Waals surface area contributed by atoms with Gasteiger partial charge in [0.15, 0.2) is 0 Å². The van der Waals surface area contributed by atoms with Gasteiger partial charge in [0.25, 0.3) is 0 Å². The van der Waals surface area contributed by atoms with Crippen molar-refractivity contribution in [2.75, 3.05) is 19.7 Å². The fourth-order valence-electron chi connectivity index (χ4n) is 3.62. The van der Waals surface area contributed by atoms with Gasteiger partial charge in [-0.1, -0.05) is 30.3 Å². The molecule has 1 spiro atoms. The Morgan fingerprint density at radius 3 is 2.59 bits per heavy atom. The van der Waals surface area contributed by atoms with Crippen LogP contribution in [0.25, 0.3) is 0 Å². The van der Waals surface area contributed by atoms with Crippen molar-refractivity contribution in [2.24, 2.45) is 0 Å². The number of carbonyl (C=O) groups excluding carboxylic acids is 1. The van der Waals surface area contributed by atoms with Gasteiger partial charge in [0.05, 0.1) is 17.8 Å². The Labute approximate surface area is 130 Å². The van der Waals surface area contributed by atoms with Gasteiger partial charge in [-0.3, -0.25) is 4.79 Å². The molecule has 2 atom stereocenters. The third-order valence-electron chi connectivity index (χ3n) is 4.82. The second-order valence-corrected chi connectivity index (χ2v) is 6.33. The second kappa shape index (κ2) is 6.36. The van der Waals surface area contributed by atoms with E-state index in [1.807, 2.05) is 30.3 Å². The number of rotatable bonds is 2. The van der Waals surface area contributed by atoms with Crippen LogP contribution in [-0.4, -0.2) is 52.4 Å². The number of likely N-dealkylation sites (tertiary alicyclic amines) is 1. The number of ether oxygens (including phenoxy) is 1. The van der Waals surface area contributed by atoms with Gasteiger partial charge in [-0.2, -0.15) is 0 Å². The van der Waals surface area contributed by atoms with Crippen molar-refractivity contribution >= 4 is 5.91 Å². The Morgan fingerprint density at radius 2 is 1.95 bits per heavy atom. The van der Waals surface area contributed by atoms with E-state index in [1.165, 1.54) is 0 Å². The highest BCUT2D eigenvalue weighted by atomic mass is 16.5. The summed E-state index contributed by atoms with van der Waals surface area (Å²) < 4.78 is 6.37. The zero-order valence-corrected chi connectivity index (χ0v) is 12.6. The molecule has 5 nitrogen and oxygen atoms in total. The van der Waals surface area contributed by atoms with Crippen molar-refractivity contribution in [3.63, 3.8) is 0 Å². The molecule has 2 aliphatic rings. The fraction of sp³-hybridized carbons (Fsp3) is 0.588. The van der Waals surface area contributed by atoms with Crippen molar-refractivity contribution in [3.8, 4) is 0 Å². The van der Waals surface area contributed by atoms with E-state index in [1.54, 1.807) is 4.90 Å². The Hall–Kier alpha value is -1.43. The summed E-state index contributed by atoms with van der Waals surface area (Å²) in [5, 5.41) is 19.2. The molecule has 2 heterocycles. The molecule has 2 N–H and O–H groups in total. The van der Waals surface area contributed by atoms with Crippen molar-refractivity contribution < 1.29 is 19.7 Å². The average molecular weight is 305 g/mol. The van der Waals surface area contributed by atoms with Gasteiger partial charge in [-0.15, -0.1) is 0 Å². The first-order chi connectivity index (χ1) is 10.6. The van der Waals surface area contributed by atoms with Crippen molar-refractivity contribution in [2.45, 2.75) is 43.5 Å². The van der Waals surface area contributed by atoms with Crippen molar-refractivity contribution in [1.82, 2.24) is 4.90 Å². The van der Waals surface area contributed by atoms with Crippen LogP contribution in [0.1, 0.15) is 37.4 Å². The van der Waals surface area contributed by atoms with E-state index >= 15 is 0 Å². The Kier molecular flexibility index (Phi) is 4.47. The molecule has 1 aromatic rings. The standard InChI is InChI=1S/C17H23NO4/c19-12-16(21)18-8-6-17(7-9-18)11-14(20)10-15(22-17)13-4-2-1-3-5-13/h1-5,14-15,19-20H,6-12H2/t14-,15-/m1/s1. The maximum atomic E-state index is 11.6. The summed E-state index contributed by atoms with van der Waals surface area (Å²) in [6.45, 7) is 0.713. The number of amides is 1. The minimum absolute atomic E-state index is 0.0926. The van der Waals surface area contributed by atoms with Crippen LogP contribution < -0.4 is 0 Å². The maximum absolute atomic E-state index is 11.6. The Balaban J connectivity index is 1.70. The molecule has 5 heteroatoms. The number of benzene rings is 1. The van der Waals surface area contributed by atoms with Crippen molar-refractivity contribution in [3.05, 3.63) is 35.9 Å². The van der Waals surface area contributed by atoms with Crippen LogP contribution in [0.4, 0.5) is 0 Å². The largest absolute Gasteiger partial charge is 0.393 e. The van der Waals surface area contributed by atoms with Crippen LogP contribution in [0, 0.1) is 0 Å². The van der Waals surface area contributed by atoms with Gasteiger partial charge in [0.2, 0.25) is 5.91 Å². The van der Waals surface area contributed by atoms with Crippen LogP contribution in [0.3, 0.4) is 0 Å². The minimum atomic E-state index is -0.441. The molecule has 0 bridgehead atoms. The molecular weight excluding hydrogens is 282 g/mol. The van der Waals surface area contributed by atoms with Crippen LogP contribution in [0.15, 0.2) is 30.3 Å². The van der Waals surface area contributed by atoms with Gasteiger partial charge in [0.1, 0.15) is 6.61 Å². The highest BCUT2D eigenvalue weighted by molar-refractivity contribution is 5.77. The third-order valence-corrected chi connectivity index (χ3v) is 4.82. The lowest BCUT2D eigenvalue weighted by Gasteiger charge is -2.48. The fourth-order valence-corrected chi connectivity index (χ4v) is 3.62. The van der Waals surface area contributed by atoms with Crippen LogP contribution in [-0.2, 0) is 9.53 Å². The first-order valence-electron chi connectivity index (χ1n) is 7.91. The highest BCUT2D eigenvalue weighted by Gasteiger charge is 2.44. The summed E-state index contributed by atoms with van der Waals surface area (Å²) in [6, 6.07) is 9.99. The second-order valence-electron chi connectivity index (χ2n) is 6.33. The quantitative estimate of drug-likeness (QED) is 0.863. The van der Waals surface area contributed by atoms with Gasteiger partial charge in [-0.25, -0.2) is 0 Å². The van der Waals surface area contributed by atoms with E-state index < -0.39 is 6.61 Å². The molecule has 0 saturated carbocycles. The van der Waals surface area contributed by atoms with Gasteiger partial charge in [0, 0.05) is 25.9 Å². The van der Waals surface area contributed by atoms with E-state index in [-0.39, 0.29) is 23.7 Å². The normalized spacial score (nSPS) is 27.8. The monoisotopic (exact) mass is 305 g/mol. The third kappa shape index (κ3) is 3.16. The Morgan fingerprint density at radius 1 is 1.27 bits per heavy atom. The average Bonchev–Trinajstić information content (AvgIpc) is 2.55. The Bertz CT molecular complexity index is 511. The number of carbonyl (C=O) groups is 1. The highest BCUT2D eigenvalue weighted by Crippen LogP contribution is 2.42. The molecule has 3 rings (SSSR count). The zero-order valence-electron chi connectivity index (χ0n) is 12.6. The molecule has 2 saturated heterocycles. The number of hydrogen-bond acceptors (Lipinski definition) is 4. The molecule has 1 amide bonds. The van der Waals surface area contributed by atoms with E-state index in [0.29, 0.717) is 38.8 Å². The molecule has 2 fully saturated rings. The lowest BCUT2D eigenvalue weighted by Crippen LogP contribution is -2.52. The van der Waals surface area contributed by atoms with E-state index in [0.717, 1.165) is 5.56 Å². The molecule has 2 aliphatic heterocycles. The lowest BCUT2D eigenvalue weighted by atomic mass is 9.81. The summed E-state index contributed by atoms with van der Waals surface area (Å²) in [5.41, 5.74) is 0.735. The van der Waals surface area contributed by atoms with Gasteiger partial charge in [-0.05, 0) is 18.4 Å². The van der Waals surface area contributed by atoms with Crippen LogP contribution in [0.2, 0.25) is 0 Å². The van der Waals surface area contributed by atoms with E-state index in [9.17, 15) is 9.90 Å². The molecule has 0 unspecified atom stereocenters. The number of aliphatic hydroxyl groups is 2. The molecule has 0 radical (unpaired) electrons. The lowest BCUT2D eigenvalue weighted by molar-refractivity contribution is -0.186. The predicted molar refractivity (Wildman–Crippen MR) is 81.1 cm³/mol. The molecule has 0 aromatic heterocycles. The summed E-state index contributed by atoms with van der Waals surface area (Å²) in [4.78, 5) is 13.2. The van der Waals surface area contributed by atoms with Crippen molar-refractivity contribution in [1.29, 1.82) is 0 Å².